The molecule has 0 spiro atoms. The van der Waals surface area contributed by atoms with E-state index in [2.05, 4.69) is 20.1 Å². The highest BCUT2D eigenvalue weighted by molar-refractivity contribution is 5.90. The van der Waals surface area contributed by atoms with Crippen molar-refractivity contribution in [1.29, 1.82) is 0 Å². The lowest BCUT2D eigenvalue weighted by atomic mass is 10.1. The minimum Gasteiger partial charge on any atom is -0.465 e. The zero-order valence-corrected chi connectivity index (χ0v) is 13.8. The fraction of sp³-hybridized carbons (Fsp3) is 0.111. The number of ether oxygens (including phenoxy) is 1. The Morgan fingerprint density at radius 3 is 2.58 bits per heavy atom. The molecule has 3 aromatic rings. The van der Waals surface area contributed by atoms with Gasteiger partial charge in [0.25, 0.3) is 5.89 Å². The molecule has 0 saturated carbocycles. The van der Waals surface area contributed by atoms with Crippen LogP contribution in [0.1, 0.15) is 21.8 Å². The van der Waals surface area contributed by atoms with Gasteiger partial charge in [-0.05, 0) is 42.0 Å². The minimum absolute atomic E-state index is 0.00899. The Kier molecular flexibility index (Phi) is 5.33. The van der Waals surface area contributed by atoms with E-state index >= 15 is 0 Å². The van der Waals surface area contributed by atoms with Crippen molar-refractivity contribution in [2.45, 2.75) is 6.61 Å². The summed E-state index contributed by atoms with van der Waals surface area (Å²) in [5.41, 5.74) is 1.80. The summed E-state index contributed by atoms with van der Waals surface area (Å²) >= 11 is 0. The molecule has 0 bridgehead atoms. The van der Waals surface area contributed by atoms with Crippen LogP contribution in [0.15, 0.2) is 58.1 Å². The molecule has 0 atom stereocenters. The van der Waals surface area contributed by atoms with Crippen LogP contribution in [-0.4, -0.2) is 29.5 Å². The van der Waals surface area contributed by atoms with Gasteiger partial charge >= 0.3 is 5.97 Å². The quantitative estimate of drug-likeness (QED) is 0.383. The van der Waals surface area contributed by atoms with E-state index in [1.54, 1.807) is 36.4 Å². The number of nitrogens with zero attached hydrogens (tertiary/aromatic N) is 3. The van der Waals surface area contributed by atoms with Crippen LogP contribution in [0.4, 0.5) is 4.39 Å². The average Bonchev–Trinajstić information content (AvgIpc) is 3.14. The van der Waals surface area contributed by atoms with E-state index in [1.807, 2.05) is 0 Å². The van der Waals surface area contributed by atoms with Gasteiger partial charge in [0.1, 0.15) is 5.82 Å². The lowest BCUT2D eigenvalue weighted by Gasteiger charge is -1.99. The molecule has 1 heterocycles. The normalized spacial score (nSPS) is 10.8. The van der Waals surface area contributed by atoms with Crippen molar-refractivity contribution >= 4 is 12.2 Å². The molecule has 0 N–H and O–H groups in total. The van der Waals surface area contributed by atoms with Gasteiger partial charge in [0.2, 0.25) is 5.89 Å². The summed E-state index contributed by atoms with van der Waals surface area (Å²) < 4.78 is 23.0. The summed E-state index contributed by atoms with van der Waals surface area (Å²) in [6.45, 7) is -0.00899. The van der Waals surface area contributed by atoms with Crippen molar-refractivity contribution in [3.05, 3.63) is 71.4 Å². The van der Waals surface area contributed by atoms with E-state index in [4.69, 9.17) is 9.25 Å². The molecule has 0 aliphatic heterocycles. The van der Waals surface area contributed by atoms with Crippen molar-refractivity contribution in [3.8, 4) is 11.5 Å². The fourth-order valence-electron chi connectivity index (χ4n) is 2.03. The van der Waals surface area contributed by atoms with E-state index in [0.717, 1.165) is 5.56 Å². The fourth-order valence-corrected chi connectivity index (χ4v) is 2.03. The highest BCUT2D eigenvalue weighted by Gasteiger charge is 2.09. The number of hydrogen-bond donors (Lipinski definition) is 0. The molecular weight excluding hydrogens is 341 g/mol. The first-order valence-corrected chi connectivity index (χ1v) is 7.58. The number of aromatic nitrogens is 2. The maximum Gasteiger partial charge on any atom is 0.337 e. The van der Waals surface area contributed by atoms with Crippen molar-refractivity contribution in [1.82, 2.24) is 10.2 Å². The minimum atomic E-state index is -0.405. The second-order valence-electron chi connectivity index (χ2n) is 5.13. The molecule has 0 radical (unpaired) electrons. The molecule has 0 saturated heterocycles. The van der Waals surface area contributed by atoms with Gasteiger partial charge in [-0.2, -0.15) is 0 Å². The first-order valence-electron chi connectivity index (χ1n) is 7.58. The van der Waals surface area contributed by atoms with Gasteiger partial charge in [-0.1, -0.05) is 17.3 Å². The van der Waals surface area contributed by atoms with E-state index < -0.39 is 5.97 Å². The van der Waals surface area contributed by atoms with Crippen LogP contribution in [0.2, 0.25) is 0 Å². The third kappa shape index (κ3) is 4.29. The molecule has 0 fully saturated rings. The Labute approximate surface area is 148 Å². The number of methoxy groups -OCH3 is 1. The Hall–Kier alpha value is -3.55. The third-order valence-corrected chi connectivity index (χ3v) is 3.35. The van der Waals surface area contributed by atoms with Crippen LogP contribution in [-0.2, 0) is 16.2 Å². The Bertz CT molecular complexity index is 905. The number of benzene rings is 2. The lowest BCUT2D eigenvalue weighted by molar-refractivity contribution is 0.0600. The number of carbonyl (C=O) groups is 1. The number of halogens is 1. The molecule has 26 heavy (non-hydrogen) atoms. The van der Waals surface area contributed by atoms with Crippen molar-refractivity contribution in [2.24, 2.45) is 5.16 Å². The number of hydrogen-bond acceptors (Lipinski definition) is 7. The maximum absolute atomic E-state index is 12.9. The molecule has 3 rings (SSSR count). The zero-order valence-electron chi connectivity index (χ0n) is 13.8. The smallest absolute Gasteiger partial charge is 0.337 e. The first kappa shape index (κ1) is 17.3. The predicted molar refractivity (Wildman–Crippen MR) is 89.9 cm³/mol. The Morgan fingerprint density at radius 1 is 1.15 bits per heavy atom. The SMILES string of the molecule is COC(=O)c1ccc(C=NOCc2nnc(-c3ccc(F)cc3)o2)cc1. The van der Waals surface area contributed by atoms with Gasteiger partial charge in [0, 0.05) is 5.56 Å². The topological polar surface area (TPSA) is 86.8 Å². The van der Waals surface area contributed by atoms with Crippen molar-refractivity contribution in [3.63, 3.8) is 0 Å². The number of esters is 1. The molecule has 0 unspecified atom stereocenters. The van der Waals surface area contributed by atoms with Crippen LogP contribution >= 0.6 is 0 Å². The summed E-state index contributed by atoms with van der Waals surface area (Å²) in [6.07, 6.45) is 1.48. The molecule has 8 heteroatoms. The molecule has 0 aliphatic rings. The highest BCUT2D eigenvalue weighted by atomic mass is 19.1. The number of rotatable bonds is 6. The van der Waals surface area contributed by atoms with Gasteiger partial charge in [-0.15, -0.1) is 10.2 Å². The van der Waals surface area contributed by atoms with Crippen LogP contribution in [0, 0.1) is 5.82 Å². The summed E-state index contributed by atoms with van der Waals surface area (Å²) in [6, 6.07) is 12.4. The monoisotopic (exact) mass is 355 g/mol. The third-order valence-electron chi connectivity index (χ3n) is 3.35. The molecule has 0 aliphatic carbocycles. The molecule has 7 nitrogen and oxygen atoms in total. The molecule has 132 valence electrons. The van der Waals surface area contributed by atoms with Crippen LogP contribution in [0.3, 0.4) is 0 Å². The van der Waals surface area contributed by atoms with E-state index in [1.165, 1.54) is 25.5 Å². The predicted octanol–water partition coefficient (Wildman–Crippen LogP) is 3.21. The Balaban J connectivity index is 1.54. The van der Waals surface area contributed by atoms with Gasteiger partial charge < -0.3 is 14.0 Å². The number of carbonyl (C=O) groups excluding carboxylic acids is 1. The van der Waals surface area contributed by atoms with Gasteiger partial charge in [-0.25, -0.2) is 9.18 Å². The Morgan fingerprint density at radius 2 is 1.88 bits per heavy atom. The summed E-state index contributed by atoms with van der Waals surface area (Å²) in [5, 5.41) is 11.5. The first-order chi connectivity index (χ1) is 12.7. The standard InChI is InChI=1S/C18H14FN3O4/c1-24-18(23)14-4-2-12(3-5-14)10-20-25-11-16-21-22-17(26-16)13-6-8-15(19)9-7-13/h2-10H,11H2,1H3. The summed E-state index contributed by atoms with van der Waals surface area (Å²) in [5.74, 6) is -0.239. The van der Waals surface area contributed by atoms with Crippen LogP contribution in [0.25, 0.3) is 11.5 Å². The average molecular weight is 355 g/mol. The van der Waals surface area contributed by atoms with E-state index in [0.29, 0.717) is 11.1 Å². The highest BCUT2D eigenvalue weighted by Crippen LogP contribution is 2.18. The molecule has 0 amide bonds. The maximum atomic E-state index is 12.9. The largest absolute Gasteiger partial charge is 0.465 e. The van der Waals surface area contributed by atoms with Gasteiger partial charge in [0.05, 0.1) is 18.9 Å². The van der Waals surface area contributed by atoms with Crippen molar-refractivity contribution < 1.29 is 23.2 Å². The number of oxime groups is 1. The summed E-state index contributed by atoms with van der Waals surface area (Å²) in [4.78, 5) is 16.5. The van der Waals surface area contributed by atoms with Crippen LogP contribution < -0.4 is 0 Å². The van der Waals surface area contributed by atoms with Gasteiger partial charge in [0.15, 0.2) is 6.61 Å². The van der Waals surface area contributed by atoms with Crippen LogP contribution in [0.5, 0.6) is 0 Å². The molecule has 1 aromatic heterocycles. The second kappa shape index (κ2) is 8.02. The molecular formula is C18H14FN3O4. The van der Waals surface area contributed by atoms with Crippen molar-refractivity contribution in [2.75, 3.05) is 7.11 Å². The zero-order chi connectivity index (χ0) is 18.4. The second-order valence-corrected chi connectivity index (χ2v) is 5.13. The molecule has 2 aromatic carbocycles. The summed E-state index contributed by atoms with van der Waals surface area (Å²) in [7, 11) is 1.32. The van der Waals surface area contributed by atoms with E-state index in [-0.39, 0.29) is 24.2 Å². The lowest BCUT2D eigenvalue weighted by Crippen LogP contribution is -2.00. The van der Waals surface area contributed by atoms with E-state index in [9.17, 15) is 9.18 Å². The van der Waals surface area contributed by atoms with Gasteiger partial charge in [-0.3, -0.25) is 0 Å².